The average Bonchev–Trinajstić information content (AvgIpc) is 3.21. The molecule has 8 heteroatoms. The van der Waals surface area contributed by atoms with Crippen molar-refractivity contribution in [3.63, 3.8) is 0 Å². The van der Waals surface area contributed by atoms with Crippen LogP contribution in [0.2, 0.25) is 0 Å². The maximum absolute atomic E-state index is 13.0. The molecule has 0 atom stereocenters. The predicted molar refractivity (Wildman–Crippen MR) is 116 cm³/mol. The van der Waals surface area contributed by atoms with Crippen LogP contribution in [0, 0.1) is 0 Å². The molecule has 0 bridgehead atoms. The highest BCUT2D eigenvalue weighted by molar-refractivity contribution is 9.10. The molecule has 154 valence electrons. The lowest BCUT2D eigenvalue weighted by molar-refractivity contribution is -0.130. The van der Waals surface area contributed by atoms with E-state index in [-0.39, 0.29) is 12.5 Å². The fraction of sp³-hybridized carbons (Fsp3) is 0.381. The number of carbonyl (C=O) groups is 1. The van der Waals surface area contributed by atoms with Gasteiger partial charge < -0.3 is 10.2 Å². The number of anilines is 1. The number of amides is 1. The van der Waals surface area contributed by atoms with Crippen molar-refractivity contribution in [2.24, 2.45) is 0 Å². The van der Waals surface area contributed by atoms with Crippen LogP contribution in [0.3, 0.4) is 0 Å². The summed E-state index contributed by atoms with van der Waals surface area (Å²) in [5.41, 5.74) is 3.27. The highest BCUT2D eigenvalue weighted by Crippen LogP contribution is 2.27. The van der Waals surface area contributed by atoms with Gasteiger partial charge in [0.2, 0.25) is 15.9 Å². The summed E-state index contributed by atoms with van der Waals surface area (Å²) in [5.74, 6) is -0.0321. The number of rotatable bonds is 5. The largest absolute Gasteiger partial charge is 0.375 e. The first kappa shape index (κ1) is 20.4. The number of sulfonamides is 1. The lowest BCUT2D eigenvalue weighted by Gasteiger charge is -2.34. The predicted octanol–water partition coefficient (Wildman–Crippen LogP) is 2.88. The van der Waals surface area contributed by atoms with Crippen LogP contribution in [0.25, 0.3) is 0 Å². The Hall–Kier alpha value is -1.90. The van der Waals surface area contributed by atoms with E-state index in [1.54, 1.807) is 11.0 Å². The number of benzene rings is 2. The van der Waals surface area contributed by atoms with E-state index in [1.807, 2.05) is 36.4 Å². The van der Waals surface area contributed by atoms with Gasteiger partial charge in [-0.1, -0.05) is 18.2 Å². The summed E-state index contributed by atoms with van der Waals surface area (Å²) in [6, 6.07) is 13.1. The number of hydrogen-bond acceptors (Lipinski definition) is 4. The van der Waals surface area contributed by atoms with Crippen LogP contribution >= 0.6 is 15.9 Å². The highest BCUT2D eigenvalue weighted by atomic mass is 79.9. The summed E-state index contributed by atoms with van der Waals surface area (Å²) < 4.78 is 28.4. The Balaban J connectivity index is 1.35. The van der Waals surface area contributed by atoms with Crippen molar-refractivity contribution in [1.29, 1.82) is 0 Å². The Bertz CT molecular complexity index is 1020. The topological polar surface area (TPSA) is 69.7 Å². The van der Waals surface area contributed by atoms with Crippen LogP contribution in [-0.2, 0) is 27.7 Å². The zero-order valence-corrected chi connectivity index (χ0v) is 18.5. The van der Waals surface area contributed by atoms with Gasteiger partial charge >= 0.3 is 0 Å². The third-order valence-electron chi connectivity index (χ3n) is 5.60. The van der Waals surface area contributed by atoms with Gasteiger partial charge in [0.25, 0.3) is 0 Å². The molecule has 29 heavy (non-hydrogen) atoms. The Kier molecular flexibility index (Phi) is 5.94. The van der Waals surface area contributed by atoms with E-state index in [0.29, 0.717) is 31.1 Å². The average molecular weight is 478 g/mol. The number of carbonyl (C=O) groups excluding carboxylic acids is 1. The van der Waals surface area contributed by atoms with E-state index >= 15 is 0 Å². The molecule has 1 fully saturated rings. The number of nitrogens with zero attached hydrogens (tertiary/aromatic N) is 2. The Morgan fingerprint density at radius 1 is 1.00 bits per heavy atom. The molecule has 1 N–H and O–H groups in total. The third kappa shape index (κ3) is 4.34. The second-order valence-corrected chi connectivity index (χ2v) is 10.2. The zero-order valence-electron chi connectivity index (χ0n) is 16.1. The van der Waals surface area contributed by atoms with Crippen molar-refractivity contribution in [2.75, 3.05) is 38.0 Å². The lowest BCUT2D eigenvalue weighted by atomic mass is 10.1. The Morgan fingerprint density at radius 2 is 1.72 bits per heavy atom. The summed E-state index contributed by atoms with van der Waals surface area (Å²) in [7, 11) is -3.52. The molecule has 2 aliphatic rings. The van der Waals surface area contributed by atoms with E-state index < -0.39 is 10.0 Å². The first-order valence-electron chi connectivity index (χ1n) is 9.83. The summed E-state index contributed by atoms with van der Waals surface area (Å²) >= 11 is 3.45. The molecule has 1 aliphatic heterocycles. The van der Waals surface area contributed by atoms with Gasteiger partial charge in [-0.2, -0.15) is 4.31 Å². The zero-order chi connectivity index (χ0) is 20.4. The minimum Gasteiger partial charge on any atom is -0.375 e. The molecule has 0 radical (unpaired) electrons. The Labute approximate surface area is 180 Å². The van der Waals surface area contributed by atoms with Crippen LogP contribution < -0.4 is 5.32 Å². The molecule has 2 aromatic carbocycles. The van der Waals surface area contributed by atoms with Gasteiger partial charge in [0.05, 0.1) is 11.4 Å². The minimum absolute atomic E-state index is 0.0321. The number of aryl methyl sites for hydroxylation is 2. The minimum atomic E-state index is -3.52. The molecule has 1 saturated heterocycles. The molecule has 1 aliphatic carbocycles. The maximum Gasteiger partial charge on any atom is 0.243 e. The van der Waals surface area contributed by atoms with Crippen LogP contribution in [0.1, 0.15) is 17.5 Å². The van der Waals surface area contributed by atoms with Gasteiger partial charge in [0.1, 0.15) is 0 Å². The second-order valence-electron chi connectivity index (χ2n) is 7.40. The molecule has 0 saturated carbocycles. The van der Waals surface area contributed by atoms with Crippen molar-refractivity contribution >= 4 is 37.5 Å². The molecular weight excluding hydrogens is 454 g/mol. The molecule has 0 spiro atoms. The monoisotopic (exact) mass is 477 g/mol. The van der Waals surface area contributed by atoms with Crippen molar-refractivity contribution < 1.29 is 13.2 Å². The number of piperazine rings is 1. The van der Waals surface area contributed by atoms with Gasteiger partial charge in [-0.3, -0.25) is 4.79 Å². The van der Waals surface area contributed by atoms with E-state index in [2.05, 4.69) is 21.2 Å². The number of para-hydroxylation sites is 1. The molecule has 6 nitrogen and oxygen atoms in total. The first-order valence-corrected chi connectivity index (χ1v) is 12.1. The van der Waals surface area contributed by atoms with E-state index in [1.165, 1.54) is 9.87 Å². The third-order valence-corrected chi connectivity index (χ3v) is 8.19. The van der Waals surface area contributed by atoms with Crippen molar-refractivity contribution in [3.8, 4) is 0 Å². The molecular formula is C21H24BrN3O3S. The summed E-state index contributed by atoms with van der Waals surface area (Å²) in [5, 5.41) is 3.13. The van der Waals surface area contributed by atoms with Crippen LogP contribution in [0.4, 0.5) is 5.69 Å². The number of fused-ring (bicyclic) bond motifs is 1. The molecule has 0 aromatic heterocycles. The fourth-order valence-corrected chi connectivity index (χ4v) is 5.82. The number of hydrogen-bond donors (Lipinski definition) is 1. The fourth-order valence-electron chi connectivity index (χ4n) is 3.92. The van der Waals surface area contributed by atoms with E-state index in [4.69, 9.17) is 0 Å². The standard InChI is InChI=1S/C21H24BrN3O3S/c22-19-6-1-2-7-20(19)23-15-21(26)24-10-12-25(13-11-24)29(27,28)18-9-8-16-4-3-5-17(16)14-18/h1-2,6-9,14,23H,3-5,10-13,15H2. The molecule has 1 heterocycles. The van der Waals surface area contributed by atoms with Crippen LogP contribution in [-0.4, -0.2) is 56.3 Å². The van der Waals surface area contributed by atoms with Gasteiger partial charge in [-0.25, -0.2) is 8.42 Å². The van der Waals surface area contributed by atoms with Gasteiger partial charge in [0, 0.05) is 36.3 Å². The van der Waals surface area contributed by atoms with Crippen molar-refractivity contribution in [3.05, 3.63) is 58.1 Å². The second kappa shape index (κ2) is 8.45. The normalized spacial score (nSPS) is 17.2. The van der Waals surface area contributed by atoms with Crippen LogP contribution in [0.15, 0.2) is 51.8 Å². The SMILES string of the molecule is O=C(CNc1ccccc1Br)N1CCN(S(=O)(=O)c2ccc3c(c2)CCC3)CC1. The quantitative estimate of drug-likeness (QED) is 0.718. The Morgan fingerprint density at radius 3 is 2.48 bits per heavy atom. The smallest absolute Gasteiger partial charge is 0.243 e. The first-order chi connectivity index (χ1) is 13.9. The molecule has 4 rings (SSSR count). The number of halogens is 1. The summed E-state index contributed by atoms with van der Waals surface area (Å²) in [4.78, 5) is 14.6. The van der Waals surface area contributed by atoms with E-state index in [0.717, 1.165) is 35.0 Å². The highest BCUT2D eigenvalue weighted by Gasteiger charge is 2.30. The number of nitrogens with one attached hydrogen (secondary N) is 1. The molecule has 1 amide bonds. The summed E-state index contributed by atoms with van der Waals surface area (Å²) in [6.07, 6.45) is 3.07. The van der Waals surface area contributed by atoms with E-state index in [9.17, 15) is 13.2 Å². The molecule has 0 unspecified atom stereocenters. The van der Waals surface area contributed by atoms with Gasteiger partial charge in [-0.05, 0) is 70.6 Å². The van der Waals surface area contributed by atoms with Crippen molar-refractivity contribution in [1.82, 2.24) is 9.21 Å². The molecule has 2 aromatic rings. The lowest BCUT2D eigenvalue weighted by Crippen LogP contribution is -2.51. The van der Waals surface area contributed by atoms with Gasteiger partial charge in [-0.15, -0.1) is 0 Å². The van der Waals surface area contributed by atoms with Crippen LogP contribution in [0.5, 0.6) is 0 Å². The summed E-state index contributed by atoms with van der Waals surface area (Å²) in [6.45, 7) is 1.63. The maximum atomic E-state index is 13.0. The van der Waals surface area contributed by atoms with Crippen molar-refractivity contribution in [2.45, 2.75) is 24.2 Å². The van der Waals surface area contributed by atoms with Gasteiger partial charge in [0.15, 0.2) is 0 Å².